The van der Waals surface area contributed by atoms with E-state index < -0.39 is 0 Å². The summed E-state index contributed by atoms with van der Waals surface area (Å²) in [6.07, 6.45) is 14.9. The molecule has 0 heterocycles. The van der Waals surface area contributed by atoms with Gasteiger partial charge in [-0.3, -0.25) is 0 Å². The van der Waals surface area contributed by atoms with Gasteiger partial charge in [-0.1, -0.05) is 81.0 Å². The number of benzene rings is 1. The van der Waals surface area contributed by atoms with Gasteiger partial charge in [0.05, 0.1) is 10.7 Å². The Morgan fingerprint density at radius 1 is 0.762 bits per heavy atom. The van der Waals surface area contributed by atoms with Gasteiger partial charge in [0.1, 0.15) is 0 Å². The number of halogens is 2. The third kappa shape index (κ3) is 6.48. The number of hydrogen-bond acceptors (Lipinski definition) is 1. The topological polar surface area (TPSA) is 12.0 Å². The van der Waals surface area contributed by atoms with Crippen LogP contribution in [0.4, 0.5) is 5.69 Å². The molecule has 1 fully saturated rings. The van der Waals surface area contributed by atoms with Gasteiger partial charge in [0.15, 0.2) is 0 Å². The number of anilines is 1. The van der Waals surface area contributed by atoms with Crippen molar-refractivity contribution in [1.82, 2.24) is 0 Å². The van der Waals surface area contributed by atoms with Gasteiger partial charge < -0.3 is 5.32 Å². The highest BCUT2D eigenvalue weighted by Crippen LogP contribution is 2.28. The third-order valence-electron chi connectivity index (χ3n) is 4.40. The molecule has 0 amide bonds. The van der Waals surface area contributed by atoms with Crippen molar-refractivity contribution in [3.63, 3.8) is 0 Å². The van der Waals surface area contributed by atoms with Crippen LogP contribution in [0, 0.1) is 0 Å². The van der Waals surface area contributed by atoms with Crippen LogP contribution in [0.15, 0.2) is 18.2 Å². The summed E-state index contributed by atoms with van der Waals surface area (Å²) in [4.78, 5) is 0. The third-order valence-corrected chi connectivity index (χ3v) is 4.94. The van der Waals surface area contributed by atoms with Crippen molar-refractivity contribution >= 4 is 28.9 Å². The molecule has 1 saturated carbocycles. The van der Waals surface area contributed by atoms with Crippen LogP contribution < -0.4 is 5.32 Å². The number of rotatable bonds is 2. The van der Waals surface area contributed by atoms with E-state index in [2.05, 4.69) is 5.32 Å². The molecule has 1 aliphatic rings. The molecule has 118 valence electrons. The van der Waals surface area contributed by atoms with Gasteiger partial charge in [-0.05, 0) is 31.0 Å². The van der Waals surface area contributed by atoms with Gasteiger partial charge in [-0.25, -0.2) is 0 Å². The molecule has 2 rings (SSSR count). The summed E-state index contributed by atoms with van der Waals surface area (Å²) < 4.78 is 0. The second kappa shape index (κ2) is 9.58. The van der Waals surface area contributed by atoms with Crippen molar-refractivity contribution < 1.29 is 0 Å². The smallest absolute Gasteiger partial charge is 0.0652 e. The molecule has 0 radical (unpaired) electrons. The average Bonchev–Trinajstić information content (AvgIpc) is 2.44. The van der Waals surface area contributed by atoms with E-state index in [0.29, 0.717) is 11.1 Å². The first-order valence-corrected chi connectivity index (χ1v) is 9.23. The second-order valence-electron chi connectivity index (χ2n) is 6.22. The zero-order chi connectivity index (χ0) is 14.9. The minimum atomic E-state index is 0.545. The Labute approximate surface area is 139 Å². The molecule has 1 aromatic carbocycles. The van der Waals surface area contributed by atoms with Gasteiger partial charge in [0.25, 0.3) is 0 Å². The van der Waals surface area contributed by atoms with Crippen molar-refractivity contribution in [2.24, 2.45) is 0 Å². The Hall–Kier alpha value is -0.400. The molecule has 1 nitrogen and oxygen atoms in total. The zero-order valence-electron chi connectivity index (χ0n) is 12.8. The number of nitrogens with one attached hydrogen (secondary N) is 1. The van der Waals surface area contributed by atoms with Crippen molar-refractivity contribution in [2.75, 3.05) is 5.32 Å². The first-order chi connectivity index (χ1) is 10.3. The lowest BCUT2D eigenvalue weighted by Crippen LogP contribution is -2.19. The standard InChI is InChI=1S/C18H27Cl2N/c19-15-12-13-18(17(20)14-15)21-16-10-8-6-4-2-1-3-5-7-9-11-16/h12-14,16,21H,1-11H2. The van der Waals surface area contributed by atoms with Gasteiger partial charge in [0, 0.05) is 11.1 Å². The molecule has 0 atom stereocenters. The molecule has 0 bridgehead atoms. The molecule has 1 aliphatic carbocycles. The molecular weight excluding hydrogens is 301 g/mol. The van der Waals surface area contributed by atoms with Crippen LogP contribution in [0.5, 0.6) is 0 Å². The molecule has 0 saturated heterocycles. The van der Waals surface area contributed by atoms with E-state index in [4.69, 9.17) is 23.2 Å². The molecule has 0 unspecified atom stereocenters. The van der Waals surface area contributed by atoms with Gasteiger partial charge in [-0.15, -0.1) is 0 Å². The highest BCUT2D eigenvalue weighted by molar-refractivity contribution is 6.36. The predicted molar refractivity (Wildman–Crippen MR) is 94.7 cm³/mol. The summed E-state index contributed by atoms with van der Waals surface area (Å²) in [6, 6.07) is 6.27. The highest BCUT2D eigenvalue weighted by Gasteiger charge is 2.11. The van der Waals surface area contributed by atoms with Crippen LogP contribution in [0.1, 0.15) is 70.6 Å². The molecule has 0 spiro atoms. The molecule has 0 aromatic heterocycles. The molecule has 21 heavy (non-hydrogen) atoms. The van der Waals surface area contributed by atoms with Crippen molar-refractivity contribution in [3.8, 4) is 0 Å². The predicted octanol–water partition coefficient (Wildman–Crippen LogP) is 7.08. The normalized spacial score (nSPS) is 19.5. The molecule has 1 N–H and O–H groups in total. The van der Waals surface area contributed by atoms with Crippen LogP contribution >= 0.6 is 23.2 Å². The maximum Gasteiger partial charge on any atom is 0.0652 e. The van der Waals surface area contributed by atoms with Gasteiger partial charge >= 0.3 is 0 Å². The lowest BCUT2D eigenvalue weighted by Gasteiger charge is -2.21. The van der Waals surface area contributed by atoms with E-state index >= 15 is 0 Å². The summed E-state index contributed by atoms with van der Waals surface area (Å²) in [7, 11) is 0. The Morgan fingerprint density at radius 3 is 1.81 bits per heavy atom. The van der Waals surface area contributed by atoms with Gasteiger partial charge in [0.2, 0.25) is 0 Å². The molecular formula is C18H27Cl2N. The van der Waals surface area contributed by atoms with E-state index in [-0.39, 0.29) is 0 Å². The van der Waals surface area contributed by atoms with E-state index in [0.717, 1.165) is 10.7 Å². The van der Waals surface area contributed by atoms with E-state index in [1.807, 2.05) is 18.2 Å². The van der Waals surface area contributed by atoms with Crippen LogP contribution in [0.3, 0.4) is 0 Å². The maximum absolute atomic E-state index is 6.28. The molecule has 1 aromatic rings. The van der Waals surface area contributed by atoms with Crippen molar-refractivity contribution in [1.29, 1.82) is 0 Å². The Balaban J connectivity index is 1.90. The highest BCUT2D eigenvalue weighted by atomic mass is 35.5. The Morgan fingerprint density at radius 2 is 1.29 bits per heavy atom. The summed E-state index contributed by atoms with van der Waals surface area (Å²) in [5.41, 5.74) is 1.03. The van der Waals surface area contributed by atoms with Crippen LogP contribution in [0.25, 0.3) is 0 Å². The van der Waals surface area contributed by atoms with E-state index in [1.54, 1.807) is 0 Å². The molecule has 0 aliphatic heterocycles. The van der Waals surface area contributed by atoms with Crippen LogP contribution in [0.2, 0.25) is 10.0 Å². The summed E-state index contributed by atoms with van der Waals surface area (Å²) in [6.45, 7) is 0. The van der Waals surface area contributed by atoms with E-state index in [1.165, 1.54) is 70.6 Å². The largest absolute Gasteiger partial charge is 0.381 e. The Bertz CT molecular complexity index is 408. The second-order valence-corrected chi connectivity index (χ2v) is 7.07. The van der Waals surface area contributed by atoms with Crippen LogP contribution in [-0.2, 0) is 0 Å². The summed E-state index contributed by atoms with van der Waals surface area (Å²) in [5, 5.41) is 5.07. The fourth-order valence-corrected chi connectivity index (χ4v) is 3.60. The fraction of sp³-hybridized carbons (Fsp3) is 0.667. The Kier molecular flexibility index (Phi) is 7.74. The molecule has 3 heteroatoms. The SMILES string of the molecule is Clc1ccc(NC2CCCCCCCCCCC2)c(Cl)c1. The first kappa shape index (κ1) is 17.0. The minimum absolute atomic E-state index is 0.545. The lowest BCUT2D eigenvalue weighted by molar-refractivity contribution is 0.480. The summed E-state index contributed by atoms with van der Waals surface area (Å²) in [5.74, 6) is 0. The average molecular weight is 328 g/mol. The monoisotopic (exact) mass is 327 g/mol. The number of hydrogen-bond donors (Lipinski definition) is 1. The lowest BCUT2D eigenvalue weighted by atomic mass is 9.98. The van der Waals surface area contributed by atoms with Crippen molar-refractivity contribution in [2.45, 2.75) is 76.7 Å². The van der Waals surface area contributed by atoms with Crippen LogP contribution in [-0.4, -0.2) is 6.04 Å². The minimum Gasteiger partial charge on any atom is -0.381 e. The van der Waals surface area contributed by atoms with E-state index in [9.17, 15) is 0 Å². The zero-order valence-corrected chi connectivity index (χ0v) is 14.4. The quantitative estimate of drug-likeness (QED) is 0.611. The summed E-state index contributed by atoms with van der Waals surface area (Å²) >= 11 is 12.2. The van der Waals surface area contributed by atoms with Crippen molar-refractivity contribution in [3.05, 3.63) is 28.2 Å². The maximum atomic E-state index is 6.28. The fourth-order valence-electron chi connectivity index (χ4n) is 3.13. The first-order valence-electron chi connectivity index (χ1n) is 8.47. The van der Waals surface area contributed by atoms with Gasteiger partial charge in [-0.2, -0.15) is 0 Å².